The topological polar surface area (TPSA) is 95.0 Å². The Bertz CT molecular complexity index is 1050. The molecule has 1 saturated carbocycles. The number of hydrogen-bond acceptors (Lipinski definition) is 5. The number of carbonyl (C=O) groups is 2. The van der Waals surface area contributed by atoms with Crippen LogP contribution in [0.15, 0.2) is 23.0 Å². The van der Waals surface area contributed by atoms with Crippen molar-refractivity contribution in [3.8, 4) is 0 Å². The molecule has 1 heterocycles. The predicted octanol–water partition coefficient (Wildman–Crippen LogP) is 1.15. The van der Waals surface area contributed by atoms with Crippen LogP contribution >= 0.6 is 0 Å². The molecule has 0 aliphatic heterocycles. The number of benzene rings is 1. The van der Waals surface area contributed by atoms with E-state index in [1.807, 2.05) is 0 Å². The van der Waals surface area contributed by atoms with Crippen LogP contribution in [0.3, 0.4) is 0 Å². The third-order valence-corrected chi connectivity index (χ3v) is 3.26. The van der Waals surface area contributed by atoms with Gasteiger partial charge in [-0.1, -0.05) is 6.07 Å². The molecule has 1 aliphatic carbocycles. The highest BCUT2D eigenvalue weighted by molar-refractivity contribution is 6.03. The molecule has 0 bridgehead atoms. The van der Waals surface area contributed by atoms with Crippen LogP contribution in [0, 0.1) is 6.85 Å². The normalized spacial score (nSPS) is 31.0. The Labute approximate surface area is 129 Å². The molecule has 1 aliphatic rings. The second kappa shape index (κ2) is 4.80. The molecule has 2 atom stereocenters. The van der Waals surface area contributed by atoms with Gasteiger partial charge in [-0.15, -0.1) is 0 Å². The SMILES string of the molecule is [2H]c1ccc(N)c2c(=O)n(C3([2H])C(=O)CC(=O)CC3[2H])c(C([2H])([2H])[2H])nc12. The molecule has 2 N–H and O–H groups in total. The lowest BCUT2D eigenvalue weighted by Gasteiger charge is -2.24. The van der Waals surface area contributed by atoms with E-state index in [4.69, 9.17) is 14.0 Å². The summed E-state index contributed by atoms with van der Waals surface area (Å²) in [7, 11) is 0. The van der Waals surface area contributed by atoms with E-state index in [0.29, 0.717) is 4.57 Å². The van der Waals surface area contributed by atoms with Crippen LogP contribution in [-0.2, 0) is 9.59 Å². The summed E-state index contributed by atoms with van der Waals surface area (Å²) >= 11 is 0. The first-order chi connectivity index (χ1) is 12.4. The zero-order chi connectivity index (χ0) is 20.3. The van der Waals surface area contributed by atoms with Crippen molar-refractivity contribution in [3.63, 3.8) is 0 Å². The van der Waals surface area contributed by atoms with Crippen LogP contribution < -0.4 is 11.3 Å². The number of hydrogen-bond donors (Lipinski definition) is 1. The number of carbonyl (C=O) groups excluding carboxylic acids is 2. The molecule has 1 aromatic heterocycles. The summed E-state index contributed by atoms with van der Waals surface area (Å²) in [6, 6.07) is -0.388. The van der Waals surface area contributed by atoms with Gasteiger partial charge in [-0.3, -0.25) is 19.0 Å². The van der Waals surface area contributed by atoms with E-state index in [1.54, 1.807) is 0 Å². The molecule has 0 saturated heterocycles. The summed E-state index contributed by atoms with van der Waals surface area (Å²) in [5, 5.41) is -0.306. The van der Waals surface area contributed by atoms with E-state index in [1.165, 1.54) is 12.1 Å². The first kappa shape index (κ1) is 8.07. The fourth-order valence-corrected chi connectivity index (χ4v) is 2.29. The number of nitrogens with zero attached hydrogens (tertiary/aromatic N) is 2. The van der Waals surface area contributed by atoms with Crippen molar-refractivity contribution in [1.82, 2.24) is 9.55 Å². The number of rotatable bonds is 1. The Morgan fingerprint density at radius 3 is 3.10 bits per heavy atom. The molecule has 2 unspecified atom stereocenters. The highest BCUT2D eigenvalue weighted by Gasteiger charge is 2.30. The monoisotopic (exact) mass is 291 g/mol. The fourth-order valence-electron chi connectivity index (χ4n) is 2.29. The van der Waals surface area contributed by atoms with Crippen LogP contribution in [-0.4, -0.2) is 21.1 Å². The van der Waals surface area contributed by atoms with E-state index >= 15 is 0 Å². The van der Waals surface area contributed by atoms with E-state index in [9.17, 15) is 14.4 Å². The first-order valence-corrected chi connectivity index (χ1v) is 6.19. The molecule has 21 heavy (non-hydrogen) atoms. The summed E-state index contributed by atoms with van der Waals surface area (Å²) in [6.07, 6.45) is -2.85. The zero-order valence-corrected chi connectivity index (χ0v) is 10.8. The number of aromatic nitrogens is 2. The molecular weight excluding hydrogens is 270 g/mol. The lowest BCUT2D eigenvalue weighted by Crippen LogP contribution is -2.36. The van der Waals surface area contributed by atoms with E-state index < -0.39 is 55.1 Å². The van der Waals surface area contributed by atoms with E-state index in [2.05, 4.69) is 4.98 Å². The van der Waals surface area contributed by atoms with Crippen molar-refractivity contribution in [2.45, 2.75) is 32.1 Å². The molecule has 0 radical (unpaired) electrons. The average molecular weight is 291 g/mol. The Hall–Kier alpha value is -2.50. The number of anilines is 1. The van der Waals surface area contributed by atoms with Gasteiger partial charge in [0.25, 0.3) is 5.56 Å². The molecule has 6 heteroatoms. The maximum Gasteiger partial charge on any atom is 0.264 e. The van der Waals surface area contributed by atoms with Crippen molar-refractivity contribution < 1.29 is 17.8 Å². The third kappa shape index (κ3) is 2.12. The van der Waals surface area contributed by atoms with Crippen LogP contribution in [0.1, 0.15) is 39.3 Å². The summed E-state index contributed by atoms with van der Waals surface area (Å²) < 4.78 is 47.9. The van der Waals surface area contributed by atoms with Crippen molar-refractivity contribution >= 4 is 28.2 Å². The number of ketones is 2. The third-order valence-electron chi connectivity index (χ3n) is 3.26. The number of aryl methyl sites for hydroxylation is 1. The second-order valence-electron chi connectivity index (χ2n) is 4.66. The second-order valence-corrected chi connectivity index (χ2v) is 4.66. The molecule has 1 aromatic carbocycles. The molecule has 3 rings (SSSR count). The van der Waals surface area contributed by atoms with Crippen molar-refractivity contribution in [2.24, 2.45) is 0 Å². The maximum absolute atomic E-state index is 13.1. The molecular formula is C15H15N3O3. The first-order valence-electron chi connectivity index (χ1n) is 9.26. The largest absolute Gasteiger partial charge is 0.398 e. The molecule has 0 spiro atoms. The molecule has 108 valence electrons. The van der Waals surface area contributed by atoms with Gasteiger partial charge in [0.15, 0.2) is 5.78 Å². The molecule has 6 nitrogen and oxygen atoms in total. The average Bonchev–Trinajstić information content (AvgIpc) is 2.54. The zero-order valence-electron chi connectivity index (χ0n) is 16.8. The van der Waals surface area contributed by atoms with E-state index in [0.717, 1.165) is 0 Å². The van der Waals surface area contributed by atoms with Gasteiger partial charge in [-0.25, -0.2) is 4.98 Å². The van der Waals surface area contributed by atoms with Crippen molar-refractivity contribution in [3.05, 3.63) is 34.4 Å². The summed E-state index contributed by atoms with van der Waals surface area (Å²) in [5.41, 5.74) is 4.32. The summed E-state index contributed by atoms with van der Waals surface area (Å²) in [4.78, 5) is 41.1. The number of fused-ring (bicyclic) bond motifs is 1. The molecule has 2 aromatic rings. The van der Waals surface area contributed by atoms with Gasteiger partial charge < -0.3 is 5.73 Å². The minimum Gasteiger partial charge on any atom is -0.398 e. The van der Waals surface area contributed by atoms with Gasteiger partial charge in [-0.05, 0) is 25.4 Å². The highest BCUT2D eigenvalue weighted by Crippen LogP contribution is 2.24. The minimum absolute atomic E-state index is 0.103. The van der Waals surface area contributed by atoms with Gasteiger partial charge in [0, 0.05) is 17.6 Å². The fraction of sp³-hybridized carbons (Fsp3) is 0.333. The number of nitrogen functional groups attached to an aromatic ring is 1. The van der Waals surface area contributed by atoms with Crippen LogP contribution in [0.5, 0.6) is 0 Å². The minimum atomic E-state index is -3.01. The Balaban J connectivity index is 2.50. The molecule has 1 fully saturated rings. The number of nitrogens with two attached hydrogens (primary N) is 1. The Kier molecular flexibility index (Phi) is 1.84. The van der Waals surface area contributed by atoms with Crippen LogP contribution in [0.4, 0.5) is 5.69 Å². The van der Waals surface area contributed by atoms with Gasteiger partial charge in [0.2, 0.25) is 0 Å². The van der Waals surface area contributed by atoms with Crippen LogP contribution in [0.25, 0.3) is 10.9 Å². The maximum atomic E-state index is 13.1. The van der Waals surface area contributed by atoms with Gasteiger partial charge in [0.05, 0.1) is 26.1 Å². The lowest BCUT2D eigenvalue weighted by molar-refractivity contribution is -0.132. The summed E-state index contributed by atoms with van der Waals surface area (Å²) in [6.45, 7) is -3.01. The van der Waals surface area contributed by atoms with Crippen molar-refractivity contribution in [2.75, 3.05) is 5.73 Å². The number of Topliss-reactive ketones (excluding diaryl/α,β-unsaturated/α-hetero) is 2. The predicted molar refractivity (Wildman–Crippen MR) is 78.1 cm³/mol. The quantitative estimate of drug-likeness (QED) is 0.628. The van der Waals surface area contributed by atoms with Crippen molar-refractivity contribution in [1.29, 1.82) is 0 Å². The Morgan fingerprint density at radius 2 is 2.38 bits per heavy atom. The Morgan fingerprint density at radius 1 is 1.57 bits per heavy atom. The van der Waals surface area contributed by atoms with Crippen LogP contribution in [0.2, 0.25) is 0 Å². The standard InChI is InChI=1S/C15H15N3O3/c1-8-17-11-4-2-3-10(16)14(11)15(21)18(8)12-6-5-9(19)7-13(12)20/h2-4,12H,5-7,16H2,1H3/i1D3,4D,6D,12D. The molecule has 0 amide bonds. The van der Waals surface area contributed by atoms with Gasteiger partial charge in [-0.2, -0.15) is 0 Å². The van der Waals surface area contributed by atoms with Gasteiger partial charge >= 0.3 is 0 Å². The smallest absolute Gasteiger partial charge is 0.264 e. The highest BCUT2D eigenvalue weighted by atomic mass is 16.2. The van der Waals surface area contributed by atoms with E-state index in [-0.39, 0.29) is 22.6 Å². The lowest BCUT2D eigenvalue weighted by atomic mass is 9.92. The van der Waals surface area contributed by atoms with Gasteiger partial charge in [0.1, 0.15) is 11.6 Å². The summed E-state index contributed by atoms with van der Waals surface area (Å²) in [5.74, 6) is -2.52.